The van der Waals surface area contributed by atoms with E-state index in [9.17, 15) is 4.39 Å². The fourth-order valence-electron chi connectivity index (χ4n) is 3.71. The van der Waals surface area contributed by atoms with Gasteiger partial charge >= 0.3 is 0 Å². The SMILES string of the molecule is Cc1cc2cc(F)c(C3(CN)CCCCC3)cc2n1C. The van der Waals surface area contributed by atoms with E-state index in [2.05, 4.69) is 11.5 Å². The fraction of sp³-hybridized carbons (Fsp3) is 0.529. The van der Waals surface area contributed by atoms with E-state index in [1.165, 1.54) is 6.42 Å². The summed E-state index contributed by atoms with van der Waals surface area (Å²) in [4.78, 5) is 0. The molecule has 20 heavy (non-hydrogen) atoms. The van der Waals surface area contributed by atoms with E-state index in [1.54, 1.807) is 6.07 Å². The second-order valence-electron chi connectivity index (χ2n) is 6.28. The molecule has 0 spiro atoms. The van der Waals surface area contributed by atoms with Gasteiger partial charge in [0.1, 0.15) is 5.82 Å². The Morgan fingerprint density at radius 2 is 1.90 bits per heavy atom. The standard InChI is InChI=1S/C17H23FN2/c1-12-8-13-9-15(18)14(10-16(13)20(12)2)17(11-19)6-4-3-5-7-17/h8-10H,3-7,11,19H2,1-2H3. The first-order chi connectivity index (χ1) is 9.57. The highest BCUT2D eigenvalue weighted by Gasteiger charge is 2.35. The highest BCUT2D eigenvalue weighted by atomic mass is 19.1. The maximum Gasteiger partial charge on any atom is 0.127 e. The molecule has 0 aliphatic heterocycles. The van der Waals surface area contributed by atoms with Crippen LogP contribution < -0.4 is 5.73 Å². The van der Waals surface area contributed by atoms with Crippen molar-refractivity contribution in [3.05, 3.63) is 35.3 Å². The zero-order valence-corrected chi connectivity index (χ0v) is 12.4. The van der Waals surface area contributed by atoms with E-state index in [0.29, 0.717) is 6.54 Å². The van der Waals surface area contributed by atoms with E-state index < -0.39 is 0 Å². The van der Waals surface area contributed by atoms with Crippen LogP contribution in [0.2, 0.25) is 0 Å². The lowest BCUT2D eigenvalue weighted by molar-refractivity contribution is 0.292. The van der Waals surface area contributed by atoms with E-state index >= 15 is 0 Å². The number of hydrogen-bond donors (Lipinski definition) is 1. The molecule has 0 unspecified atom stereocenters. The molecule has 3 rings (SSSR count). The lowest BCUT2D eigenvalue weighted by Crippen LogP contribution is -2.38. The quantitative estimate of drug-likeness (QED) is 0.887. The molecule has 0 bridgehead atoms. The topological polar surface area (TPSA) is 30.9 Å². The molecule has 0 amide bonds. The average molecular weight is 274 g/mol. The summed E-state index contributed by atoms with van der Waals surface area (Å²) in [6.07, 6.45) is 5.57. The second-order valence-corrected chi connectivity index (χ2v) is 6.28. The minimum absolute atomic E-state index is 0.0875. The molecule has 2 aromatic rings. The van der Waals surface area contributed by atoms with Gasteiger partial charge in [-0.15, -0.1) is 0 Å². The molecule has 2 N–H and O–H groups in total. The first kappa shape index (κ1) is 13.6. The summed E-state index contributed by atoms with van der Waals surface area (Å²) in [5, 5.41) is 0.981. The first-order valence-electron chi connectivity index (χ1n) is 7.53. The Hall–Kier alpha value is -1.35. The smallest absolute Gasteiger partial charge is 0.127 e. The van der Waals surface area contributed by atoms with Crippen molar-refractivity contribution in [1.82, 2.24) is 4.57 Å². The van der Waals surface area contributed by atoms with Gasteiger partial charge in [0.05, 0.1) is 0 Å². The van der Waals surface area contributed by atoms with Crippen LogP contribution in [0.1, 0.15) is 43.4 Å². The molecule has 108 valence electrons. The van der Waals surface area contributed by atoms with Crippen LogP contribution in [0.4, 0.5) is 4.39 Å². The molecular formula is C17H23FN2. The zero-order valence-electron chi connectivity index (χ0n) is 12.4. The van der Waals surface area contributed by atoms with Gasteiger partial charge in [-0.1, -0.05) is 19.3 Å². The number of rotatable bonds is 2. The van der Waals surface area contributed by atoms with Gasteiger partial charge in [-0.25, -0.2) is 4.39 Å². The third kappa shape index (κ3) is 1.96. The lowest BCUT2D eigenvalue weighted by atomic mass is 9.69. The van der Waals surface area contributed by atoms with Crippen molar-refractivity contribution in [2.24, 2.45) is 12.8 Å². The molecule has 2 nitrogen and oxygen atoms in total. The molecular weight excluding hydrogens is 251 g/mol. The predicted molar refractivity (Wildman–Crippen MR) is 81.4 cm³/mol. The van der Waals surface area contributed by atoms with Crippen LogP contribution >= 0.6 is 0 Å². The largest absolute Gasteiger partial charge is 0.348 e. The highest BCUT2D eigenvalue weighted by Crippen LogP contribution is 2.41. The van der Waals surface area contributed by atoms with Crippen molar-refractivity contribution in [1.29, 1.82) is 0 Å². The zero-order chi connectivity index (χ0) is 14.3. The van der Waals surface area contributed by atoms with Crippen LogP contribution in [0, 0.1) is 12.7 Å². The maximum absolute atomic E-state index is 14.6. The van der Waals surface area contributed by atoms with Gasteiger partial charge in [0.15, 0.2) is 0 Å². The number of aromatic nitrogens is 1. The predicted octanol–water partition coefficient (Wildman–Crippen LogP) is 3.79. The summed E-state index contributed by atoms with van der Waals surface area (Å²) >= 11 is 0. The summed E-state index contributed by atoms with van der Waals surface area (Å²) in [5.74, 6) is -0.0875. The van der Waals surface area contributed by atoms with Gasteiger partial charge in [-0.2, -0.15) is 0 Å². The number of hydrogen-bond acceptors (Lipinski definition) is 1. The minimum atomic E-state index is -0.158. The number of benzene rings is 1. The van der Waals surface area contributed by atoms with Crippen LogP contribution in [-0.4, -0.2) is 11.1 Å². The third-order valence-corrected chi connectivity index (χ3v) is 5.14. The third-order valence-electron chi connectivity index (χ3n) is 5.14. The summed E-state index contributed by atoms with van der Waals surface area (Å²) < 4.78 is 16.7. The van der Waals surface area contributed by atoms with Gasteiger partial charge in [0, 0.05) is 35.6 Å². The minimum Gasteiger partial charge on any atom is -0.348 e. The Bertz CT molecular complexity index is 636. The second kappa shape index (κ2) is 4.88. The molecule has 1 aromatic heterocycles. The lowest BCUT2D eigenvalue weighted by Gasteiger charge is -2.37. The molecule has 0 saturated heterocycles. The molecule has 1 aliphatic carbocycles. The number of fused-ring (bicyclic) bond motifs is 1. The highest BCUT2D eigenvalue weighted by molar-refractivity contribution is 5.82. The number of nitrogens with zero attached hydrogens (tertiary/aromatic N) is 1. The molecule has 1 saturated carbocycles. The number of nitrogens with two attached hydrogens (primary N) is 1. The molecule has 1 heterocycles. The van der Waals surface area contributed by atoms with Crippen LogP contribution in [0.5, 0.6) is 0 Å². The Kier molecular flexibility index (Phi) is 3.33. The van der Waals surface area contributed by atoms with Crippen LogP contribution in [0.15, 0.2) is 18.2 Å². The Labute approximate surface area is 119 Å². The average Bonchev–Trinajstić information content (AvgIpc) is 2.73. The van der Waals surface area contributed by atoms with Crippen molar-refractivity contribution in [3.63, 3.8) is 0 Å². The van der Waals surface area contributed by atoms with Gasteiger partial charge < -0.3 is 10.3 Å². The van der Waals surface area contributed by atoms with E-state index in [1.807, 2.05) is 19.2 Å². The van der Waals surface area contributed by atoms with Crippen LogP contribution in [-0.2, 0) is 12.5 Å². The van der Waals surface area contributed by atoms with Gasteiger partial charge in [0.25, 0.3) is 0 Å². The van der Waals surface area contributed by atoms with E-state index in [-0.39, 0.29) is 11.2 Å². The Morgan fingerprint density at radius 1 is 1.20 bits per heavy atom. The fourth-order valence-corrected chi connectivity index (χ4v) is 3.71. The van der Waals surface area contributed by atoms with Crippen molar-refractivity contribution in [2.45, 2.75) is 44.4 Å². The van der Waals surface area contributed by atoms with Crippen LogP contribution in [0.25, 0.3) is 10.9 Å². The van der Waals surface area contributed by atoms with Gasteiger partial charge in [-0.3, -0.25) is 0 Å². The molecule has 1 aromatic carbocycles. The van der Waals surface area contributed by atoms with Crippen molar-refractivity contribution < 1.29 is 4.39 Å². The summed E-state index contributed by atoms with van der Waals surface area (Å²) in [5.41, 5.74) is 8.99. The maximum atomic E-state index is 14.6. The van der Waals surface area contributed by atoms with E-state index in [4.69, 9.17) is 5.73 Å². The summed E-state index contributed by atoms with van der Waals surface area (Å²) in [7, 11) is 2.04. The number of halogens is 1. The van der Waals surface area contributed by atoms with Gasteiger partial charge in [-0.05, 0) is 43.5 Å². The van der Waals surface area contributed by atoms with Gasteiger partial charge in [0.2, 0.25) is 0 Å². The van der Waals surface area contributed by atoms with Crippen molar-refractivity contribution in [2.75, 3.05) is 6.54 Å². The Morgan fingerprint density at radius 3 is 2.55 bits per heavy atom. The van der Waals surface area contributed by atoms with E-state index in [0.717, 1.165) is 47.8 Å². The normalized spacial score (nSPS) is 18.6. The summed E-state index contributed by atoms with van der Waals surface area (Å²) in [6.45, 7) is 2.59. The van der Waals surface area contributed by atoms with Crippen LogP contribution in [0.3, 0.4) is 0 Å². The van der Waals surface area contributed by atoms with Crippen molar-refractivity contribution >= 4 is 10.9 Å². The molecule has 0 atom stereocenters. The molecule has 0 radical (unpaired) electrons. The molecule has 1 aliphatic rings. The van der Waals surface area contributed by atoms with Crippen molar-refractivity contribution in [3.8, 4) is 0 Å². The molecule has 3 heteroatoms. The molecule has 1 fully saturated rings. The first-order valence-corrected chi connectivity index (χ1v) is 7.53. The summed E-state index contributed by atoms with van der Waals surface area (Å²) in [6, 6.07) is 5.76. The monoisotopic (exact) mass is 274 g/mol. The number of aryl methyl sites for hydroxylation is 2. The Balaban J connectivity index is 2.19.